The molecule has 0 heterocycles. The van der Waals surface area contributed by atoms with Gasteiger partial charge in [0.1, 0.15) is 0 Å². The van der Waals surface area contributed by atoms with Crippen LogP contribution in [0.2, 0.25) is 0 Å². The molecule has 1 amide bonds. The number of hydrogen-bond acceptors (Lipinski definition) is 4. The maximum Gasteiger partial charge on any atom is 0.342 e. The highest BCUT2D eigenvalue weighted by atomic mass is 35.5. The van der Waals surface area contributed by atoms with Crippen molar-refractivity contribution in [3.63, 3.8) is 0 Å². The molecule has 5 nitrogen and oxygen atoms in total. The first-order valence-electron chi connectivity index (χ1n) is 5.07. The van der Waals surface area contributed by atoms with Gasteiger partial charge in [0.05, 0.1) is 0 Å². The van der Waals surface area contributed by atoms with Crippen molar-refractivity contribution in [2.45, 2.75) is 15.8 Å². The maximum atomic E-state index is 13.1. The van der Waals surface area contributed by atoms with Gasteiger partial charge in [-0.1, -0.05) is 17.7 Å². The van der Waals surface area contributed by atoms with E-state index in [-0.39, 0.29) is 22.3 Å². The van der Waals surface area contributed by atoms with Gasteiger partial charge in [-0.25, -0.2) is 4.39 Å². The molecule has 0 saturated heterocycles. The molecule has 1 atom stereocenters. The van der Waals surface area contributed by atoms with Crippen molar-refractivity contribution in [2.75, 3.05) is 11.9 Å². The molecule has 0 spiro atoms. The van der Waals surface area contributed by atoms with E-state index < -0.39 is 28.3 Å². The molecule has 0 bridgehead atoms. The fourth-order valence-electron chi connectivity index (χ4n) is 1.16. The third-order valence-corrected chi connectivity index (χ3v) is 3.27. The topological polar surface area (TPSA) is 72.2 Å². The number of carbonyl (C=O) groups excluding carboxylic acids is 1. The lowest BCUT2D eigenvalue weighted by molar-refractivity contribution is -0.467. The lowest BCUT2D eigenvalue weighted by Gasteiger charge is -2.15. The number of anilines is 1. The fraction of sp³-hybridized carbons (Fsp3) is 0.300. The van der Waals surface area contributed by atoms with Crippen molar-refractivity contribution in [3.05, 3.63) is 34.4 Å². The fourth-order valence-corrected chi connectivity index (χ4v) is 2.03. The Hall–Kier alpha value is -1.48. The molecule has 1 aromatic rings. The molecule has 10 heteroatoms. The number of nitro groups is 1. The maximum absolute atomic E-state index is 13.1. The number of alkyl halides is 4. The number of benzene rings is 1. The quantitative estimate of drug-likeness (QED) is 0.377. The Balaban J connectivity index is 2.76. The van der Waals surface area contributed by atoms with E-state index in [9.17, 15) is 28.1 Å². The van der Waals surface area contributed by atoms with E-state index in [0.717, 1.165) is 6.07 Å². The van der Waals surface area contributed by atoms with E-state index in [1.165, 1.54) is 18.2 Å². The van der Waals surface area contributed by atoms with Crippen LogP contribution in [0.5, 0.6) is 0 Å². The van der Waals surface area contributed by atoms with Crippen molar-refractivity contribution in [1.29, 1.82) is 0 Å². The van der Waals surface area contributed by atoms with Crippen LogP contribution in [0.15, 0.2) is 29.2 Å². The zero-order chi connectivity index (χ0) is 15.3. The van der Waals surface area contributed by atoms with E-state index >= 15 is 0 Å². The Bertz CT molecular complexity index is 516. The van der Waals surface area contributed by atoms with Crippen molar-refractivity contribution in [3.8, 4) is 0 Å². The number of rotatable bonds is 6. The van der Waals surface area contributed by atoms with E-state index in [4.69, 9.17) is 11.6 Å². The first kappa shape index (κ1) is 16.6. The molecular formula is C10H8ClF3N2O3S. The number of halogens is 4. The number of hydrogen-bond donors (Lipinski definition) is 1. The monoisotopic (exact) mass is 328 g/mol. The van der Waals surface area contributed by atoms with Gasteiger partial charge in [0.15, 0.2) is 0 Å². The Kier molecular flexibility index (Phi) is 5.63. The van der Waals surface area contributed by atoms with Gasteiger partial charge in [0.2, 0.25) is 5.63 Å². The average Bonchev–Trinajstić information content (AvgIpc) is 2.26. The van der Waals surface area contributed by atoms with Gasteiger partial charge >= 0.3 is 5.25 Å². The van der Waals surface area contributed by atoms with Crippen LogP contribution in [0.3, 0.4) is 0 Å². The van der Waals surface area contributed by atoms with Crippen LogP contribution >= 0.6 is 23.4 Å². The summed E-state index contributed by atoms with van der Waals surface area (Å²) in [6.45, 7) is -0.943. The third kappa shape index (κ3) is 5.25. The number of nitrogens with zero attached hydrogens (tertiary/aromatic N) is 1. The first-order chi connectivity index (χ1) is 9.20. The largest absolute Gasteiger partial charge is 0.342 e. The molecule has 0 radical (unpaired) electrons. The number of carbonyl (C=O) groups is 1. The molecule has 1 N–H and O–H groups in total. The SMILES string of the molecule is O=C(C[N+](=O)[O-])Nc1cccc(SC(F)(F)C(F)Cl)c1. The molecule has 0 saturated carbocycles. The first-order valence-corrected chi connectivity index (χ1v) is 6.32. The Morgan fingerprint density at radius 2 is 2.20 bits per heavy atom. The highest BCUT2D eigenvalue weighted by molar-refractivity contribution is 8.00. The lowest BCUT2D eigenvalue weighted by atomic mass is 10.3. The average molecular weight is 329 g/mol. The third-order valence-electron chi connectivity index (χ3n) is 1.90. The molecule has 0 aliphatic heterocycles. The molecule has 0 aliphatic carbocycles. The normalized spacial score (nSPS) is 12.8. The minimum absolute atomic E-state index is 0.0443. The second-order valence-electron chi connectivity index (χ2n) is 3.53. The molecular weight excluding hydrogens is 321 g/mol. The van der Waals surface area contributed by atoms with Gasteiger partial charge < -0.3 is 5.32 Å². The van der Waals surface area contributed by atoms with Crippen molar-refractivity contribution in [1.82, 2.24) is 0 Å². The van der Waals surface area contributed by atoms with Crippen LogP contribution in [0.1, 0.15) is 0 Å². The van der Waals surface area contributed by atoms with E-state index in [1.807, 2.05) is 0 Å². The molecule has 20 heavy (non-hydrogen) atoms. The van der Waals surface area contributed by atoms with Crippen LogP contribution in [0, 0.1) is 10.1 Å². The zero-order valence-corrected chi connectivity index (χ0v) is 11.3. The van der Waals surface area contributed by atoms with Gasteiger partial charge in [-0.2, -0.15) is 8.78 Å². The Morgan fingerprint density at radius 1 is 1.55 bits per heavy atom. The predicted molar refractivity (Wildman–Crippen MR) is 68.5 cm³/mol. The Morgan fingerprint density at radius 3 is 2.75 bits per heavy atom. The van der Waals surface area contributed by atoms with Crippen LogP contribution in [0.25, 0.3) is 0 Å². The second-order valence-corrected chi connectivity index (χ2v) is 5.13. The van der Waals surface area contributed by atoms with E-state index in [0.29, 0.717) is 0 Å². The van der Waals surface area contributed by atoms with Gasteiger partial charge in [0, 0.05) is 15.5 Å². The lowest BCUT2D eigenvalue weighted by Crippen LogP contribution is -2.22. The number of nitrogens with one attached hydrogen (secondary N) is 1. The molecule has 0 fully saturated rings. The van der Waals surface area contributed by atoms with Crippen molar-refractivity contribution < 1.29 is 22.9 Å². The van der Waals surface area contributed by atoms with Gasteiger partial charge in [-0.15, -0.1) is 0 Å². The summed E-state index contributed by atoms with van der Waals surface area (Å²) in [5.41, 5.74) is -2.78. The summed E-state index contributed by atoms with van der Waals surface area (Å²) >= 11 is 4.60. The molecule has 1 rings (SSSR count). The predicted octanol–water partition coefficient (Wildman–Crippen LogP) is 3.12. The van der Waals surface area contributed by atoms with Crippen LogP contribution in [-0.4, -0.2) is 28.3 Å². The summed E-state index contributed by atoms with van der Waals surface area (Å²) in [4.78, 5) is 20.4. The summed E-state index contributed by atoms with van der Waals surface area (Å²) in [5.74, 6) is -0.898. The molecule has 0 aliphatic rings. The van der Waals surface area contributed by atoms with E-state index in [2.05, 4.69) is 5.32 Å². The summed E-state index contributed by atoms with van der Waals surface area (Å²) in [7, 11) is 0. The number of thioether (sulfide) groups is 1. The summed E-state index contributed by atoms with van der Waals surface area (Å²) < 4.78 is 38.6. The van der Waals surface area contributed by atoms with Gasteiger partial charge in [-0.3, -0.25) is 14.9 Å². The molecule has 1 aromatic carbocycles. The summed E-state index contributed by atoms with van der Waals surface area (Å²) in [6.07, 6.45) is 0. The molecule has 1 unspecified atom stereocenters. The zero-order valence-electron chi connectivity index (χ0n) is 9.69. The van der Waals surface area contributed by atoms with Crippen molar-refractivity contribution in [2.24, 2.45) is 0 Å². The summed E-state index contributed by atoms with van der Waals surface area (Å²) in [5, 5.41) is 8.45. The standard InChI is InChI=1S/C10H8ClF3N2O3S/c11-9(12)10(13,14)20-7-3-1-2-6(4-7)15-8(17)5-16(18)19/h1-4,9H,5H2,(H,15,17). The van der Waals surface area contributed by atoms with Crippen LogP contribution < -0.4 is 5.32 Å². The smallest absolute Gasteiger partial charge is 0.320 e. The van der Waals surface area contributed by atoms with Gasteiger partial charge in [-0.05, 0) is 30.0 Å². The minimum Gasteiger partial charge on any atom is -0.320 e. The van der Waals surface area contributed by atoms with Gasteiger partial charge in [0.25, 0.3) is 12.5 Å². The summed E-state index contributed by atoms with van der Waals surface area (Å²) in [6, 6.07) is 5.09. The van der Waals surface area contributed by atoms with E-state index in [1.54, 1.807) is 0 Å². The molecule has 110 valence electrons. The highest BCUT2D eigenvalue weighted by Crippen LogP contribution is 2.41. The minimum atomic E-state index is -3.83. The van der Waals surface area contributed by atoms with Crippen molar-refractivity contribution >= 4 is 35.0 Å². The second kappa shape index (κ2) is 6.80. The highest BCUT2D eigenvalue weighted by Gasteiger charge is 2.40. The number of amides is 1. The Labute approximate surface area is 120 Å². The van der Waals surface area contributed by atoms with Crippen LogP contribution in [-0.2, 0) is 4.79 Å². The molecule has 0 aromatic heterocycles. The van der Waals surface area contributed by atoms with Crippen LogP contribution in [0.4, 0.5) is 18.9 Å².